The number of thiocarbonyl (C=S) groups is 1. The fourth-order valence-corrected chi connectivity index (χ4v) is 4.50. The summed E-state index contributed by atoms with van der Waals surface area (Å²) < 4.78 is 0. The Morgan fingerprint density at radius 3 is 2.37 bits per heavy atom. The van der Waals surface area contributed by atoms with Gasteiger partial charge in [0.2, 0.25) is 0 Å². The Hall–Kier alpha value is -2.04. The first-order valence-electron chi connectivity index (χ1n) is 9.23. The molecule has 138 valence electrons. The molecule has 1 spiro atoms. The van der Waals surface area contributed by atoms with Gasteiger partial charge < -0.3 is 0 Å². The molecule has 0 bridgehead atoms. The molecule has 0 unspecified atom stereocenters. The minimum Gasteiger partial charge on any atom is -0.271 e. The van der Waals surface area contributed by atoms with Crippen molar-refractivity contribution in [1.82, 2.24) is 4.90 Å². The summed E-state index contributed by atoms with van der Waals surface area (Å²) in [4.78, 5) is 20.7. The lowest BCUT2D eigenvalue weighted by Gasteiger charge is -2.32. The molecule has 1 fully saturated rings. The summed E-state index contributed by atoms with van der Waals surface area (Å²) in [5.74, 6) is -0.0577. The fraction of sp³-hybridized carbons (Fsp3) is 0.318. The number of hydrogen-bond acceptors (Lipinski definition) is 3. The Labute approximate surface area is 170 Å². The number of carbonyl (C=O) groups is 1. The molecule has 1 saturated carbocycles. The van der Waals surface area contributed by atoms with Crippen LogP contribution in [0.3, 0.4) is 0 Å². The number of aryl methyl sites for hydroxylation is 2. The smallest absolute Gasteiger partial charge is 0.260 e. The van der Waals surface area contributed by atoms with Crippen molar-refractivity contribution in [3.8, 4) is 0 Å². The highest BCUT2D eigenvalue weighted by molar-refractivity contribution is 7.82. The molecule has 0 radical (unpaired) electrons. The van der Waals surface area contributed by atoms with E-state index in [-0.39, 0.29) is 5.91 Å². The Kier molecular flexibility index (Phi) is 4.65. The first-order valence-corrected chi connectivity index (χ1v) is 10.0. The largest absolute Gasteiger partial charge is 0.271 e. The van der Waals surface area contributed by atoms with E-state index in [1.807, 2.05) is 56.3 Å². The van der Waals surface area contributed by atoms with Crippen LogP contribution in [0.2, 0.25) is 5.02 Å². The molecular weight excluding hydrogens is 376 g/mol. The fourth-order valence-electron chi connectivity index (χ4n) is 3.96. The van der Waals surface area contributed by atoms with E-state index in [0.29, 0.717) is 15.6 Å². The van der Waals surface area contributed by atoms with Gasteiger partial charge in [0.05, 0.1) is 0 Å². The van der Waals surface area contributed by atoms with Crippen LogP contribution in [0.25, 0.3) is 0 Å². The van der Waals surface area contributed by atoms with Gasteiger partial charge in [-0.05, 0) is 74.9 Å². The van der Waals surface area contributed by atoms with Gasteiger partial charge in [-0.2, -0.15) is 0 Å². The third-order valence-corrected chi connectivity index (χ3v) is 6.25. The standard InChI is InChI=1S/C22H21ClN2OS/c1-14-5-6-17(13-15(14)2)20(26)25-21(27)19(16-7-9-18(23)10-8-16)24-22(25)11-3-4-12-22/h5-10,13H,3-4,11-12H2,1-2H3. The lowest BCUT2D eigenvalue weighted by atomic mass is 10.0. The molecule has 4 rings (SSSR count). The van der Waals surface area contributed by atoms with Gasteiger partial charge in [-0.1, -0.05) is 42.0 Å². The third kappa shape index (κ3) is 3.11. The monoisotopic (exact) mass is 396 g/mol. The van der Waals surface area contributed by atoms with Crippen molar-refractivity contribution in [2.75, 3.05) is 0 Å². The van der Waals surface area contributed by atoms with Crippen molar-refractivity contribution >= 4 is 40.4 Å². The second kappa shape index (κ2) is 6.84. The summed E-state index contributed by atoms with van der Waals surface area (Å²) in [5.41, 5.74) is 4.03. The van der Waals surface area contributed by atoms with Crippen LogP contribution in [0.15, 0.2) is 47.5 Å². The van der Waals surface area contributed by atoms with Gasteiger partial charge >= 0.3 is 0 Å². The molecule has 27 heavy (non-hydrogen) atoms. The maximum absolute atomic E-state index is 13.5. The zero-order valence-corrected chi connectivity index (χ0v) is 17.0. The molecule has 0 saturated heterocycles. The number of amides is 1. The van der Waals surface area contributed by atoms with Crippen LogP contribution in [0, 0.1) is 13.8 Å². The average Bonchev–Trinajstić information content (AvgIpc) is 3.23. The molecule has 3 nitrogen and oxygen atoms in total. The van der Waals surface area contributed by atoms with Gasteiger partial charge in [0.15, 0.2) is 0 Å². The van der Waals surface area contributed by atoms with Crippen molar-refractivity contribution < 1.29 is 4.79 Å². The lowest BCUT2D eigenvalue weighted by Crippen LogP contribution is -2.48. The van der Waals surface area contributed by atoms with E-state index in [9.17, 15) is 4.79 Å². The summed E-state index contributed by atoms with van der Waals surface area (Å²) in [5, 5.41) is 0.668. The summed E-state index contributed by atoms with van der Waals surface area (Å²) in [6.45, 7) is 4.07. The molecule has 0 N–H and O–H groups in total. The number of hydrogen-bond donors (Lipinski definition) is 0. The Morgan fingerprint density at radius 2 is 1.74 bits per heavy atom. The van der Waals surface area contributed by atoms with Gasteiger partial charge in [0.25, 0.3) is 5.91 Å². The maximum atomic E-state index is 13.5. The molecule has 1 heterocycles. The normalized spacial score (nSPS) is 18.3. The van der Waals surface area contributed by atoms with Gasteiger partial charge in [0.1, 0.15) is 16.4 Å². The van der Waals surface area contributed by atoms with E-state index in [2.05, 4.69) is 0 Å². The summed E-state index contributed by atoms with van der Waals surface area (Å²) >= 11 is 11.8. The van der Waals surface area contributed by atoms with E-state index in [1.54, 1.807) is 4.90 Å². The summed E-state index contributed by atoms with van der Waals surface area (Å²) in [6, 6.07) is 13.3. The zero-order valence-electron chi connectivity index (χ0n) is 15.5. The number of carbonyl (C=O) groups excluding carboxylic acids is 1. The molecule has 1 aliphatic carbocycles. The Bertz CT molecular complexity index is 959. The van der Waals surface area contributed by atoms with E-state index < -0.39 is 5.66 Å². The van der Waals surface area contributed by atoms with Crippen LogP contribution in [0.4, 0.5) is 0 Å². The van der Waals surface area contributed by atoms with Crippen LogP contribution < -0.4 is 0 Å². The molecule has 0 atom stereocenters. The van der Waals surface area contributed by atoms with Crippen LogP contribution in [0.5, 0.6) is 0 Å². The average molecular weight is 397 g/mol. The van der Waals surface area contributed by atoms with Gasteiger partial charge in [-0.3, -0.25) is 14.7 Å². The first kappa shape index (κ1) is 18.3. The lowest BCUT2D eigenvalue weighted by molar-refractivity contribution is 0.0724. The predicted molar refractivity (Wildman–Crippen MR) is 114 cm³/mol. The van der Waals surface area contributed by atoms with E-state index >= 15 is 0 Å². The number of rotatable bonds is 2. The highest BCUT2D eigenvalue weighted by atomic mass is 35.5. The van der Waals surface area contributed by atoms with Crippen molar-refractivity contribution in [1.29, 1.82) is 0 Å². The second-order valence-corrected chi connectivity index (χ2v) is 8.22. The van der Waals surface area contributed by atoms with Crippen molar-refractivity contribution in [3.05, 3.63) is 69.7 Å². The highest BCUT2D eigenvalue weighted by Gasteiger charge is 2.50. The molecule has 2 aromatic rings. The topological polar surface area (TPSA) is 32.7 Å². The molecule has 5 heteroatoms. The molecule has 2 aromatic carbocycles. The van der Waals surface area contributed by atoms with Crippen LogP contribution in [-0.4, -0.2) is 27.2 Å². The number of aliphatic imine (C=N–C) groups is 1. The van der Waals surface area contributed by atoms with Crippen molar-refractivity contribution in [2.45, 2.75) is 45.2 Å². The minimum absolute atomic E-state index is 0.0577. The van der Waals surface area contributed by atoms with Gasteiger partial charge in [-0.15, -0.1) is 0 Å². The zero-order chi connectivity index (χ0) is 19.2. The number of halogens is 1. The molecular formula is C22H21ClN2OS. The second-order valence-electron chi connectivity index (χ2n) is 7.40. The van der Waals surface area contributed by atoms with Gasteiger partial charge in [0, 0.05) is 16.1 Å². The Morgan fingerprint density at radius 1 is 1.07 bits per heavy atom. The third-order valence-electron chi connectivity index (χ3n) is 5.62. The van der Waals surface area contributed by atoms with Crippen LogP contribution in [-0.2, 0) is 0 Å². The molecule has 2 aliphatic rings. The molecule has 0 aromatic heterocycles. The SMILES string of the molecule is Cc1ccc(C(=O)N2C(=S)C(c3ccc(Cl)cc3)=NC23CCCC3)cc1C. The predicted octanol–water partition coefficient (Wildman–Crippen LogP) is 5.50. The first-order chi connectivity index (χ1) is 12.9. The van der Waals surface area contributed by atoms with E-state index in [4.69, 9.17) is 28.8 Å². The minimum atomic E-state index is -0.540. The van der Waals surface area contributed by atoms with Crippen LogP contribution >= 0.6 is 23.8 Å². The van der Waals surface area contributed by atoms with E-state index in [0.717, 1.165) is 42.5 Å². The quantitative estimate of drug-likeness (QED) is 0.628. The maximum Gasteiger partial charge on any atom is 0.260 e. The number of nitrogens with zero attached hydrogens (tertiary/aromatic N) is 2. The number of benzene rings is 2. The summed E-state index contributed by atoms with van der Waals surface area (Å²) in [6.07, 6.45) is 3.80. The van der Waals surface area contributed by atoms with Gasteiger partial charge in [-0.25, -0.2) is 0 Å². The molecule has 1 aliphatic heterocycles. The van der Waals surface area contributed by atoms with E-state index in [1.165, 1.54) is 5.56 Å². The molecule has 1 amide bonds. The Balaban J connectivity index is 1.76. The summed E-state index contributed by atoms with van der Waals surface area (Å²) in [7, 11) is 0. The van der Waals surface area contributed by atoms with Crippen LogP contribution in [0.1, 0.15) is 52.7 Å². The van der Waals surface area contributed by atoms with Crippen molar-refractivity contribution in [3.63, 3.8) is 0 Å². The van der Waals surface area contributed by atoms with Crippen molar-refractivity contribution in [2.24, 2.45) is 4.99 Å². The highest BCUT2D eigenvalue weighted by Crippen LogP contribution is 2.42.